The van der Waals surface area contributed by atoms with E-state index in [-0.39, 0.29) is 11.5 Å². The predicted molar refractivity (Wildman–Crippen MR) is 71.0 cm³/mol. The minimum atomic E-state index is -0.876. The quantitative estimate of drug-likeness (QED) is 0.899. The number of aliphatic carboxylic acids is 1. The molecule has 0 aliphatic carbocycles. The Kier molecular flexibility index (Phi) is 4.34. The molecule has 20 heavy (non-hydrogen) atoms. The van der Waals surface area contributed by atoms with Crippen LogP contribution in [0.1, 0.15) is 17.3 Å². The molecule has 6 heteroatoms. The molecule has 1 amide bonds. The first-order chi connectivity index (χ1) is 9.50. The van der Waals surface area contributed by atoms with Crippen LogP contribution < -0.4 is 0 Å². The van der Waals surface area contributed by atoms with Crippen LogP contribution in [0.5, 0.6) is 0 Å². The van der Waals surface area contributed by atoms with Gasteiger partial charge in [-0.15, -0.1) is 0 Å². The average molecular weight is 280 g/mol. The SMILES string of the molecule is C[C@H](C(=O)O)N1CCN(C(=O)c2ccccc2F)CC1. The van der Waals surface area contributed by atoms with Crippen LogP contribution in [-0.4, -0.2) is 59.0 Å². The zero-order valence-corrected chi connectivity index (χ0v) is 11.3. The normalized spacial score (nSPS) is 17.8. The summed E-state index contributed by atoms with van der Waals surface area (Å²) in [6.07, 6.45) is 0. The zero-order chi connectivity index (χ0) is 14.7. The van der Waals surface area contributed by atoms with Crippen molar-refractivity contribution in [3.05, 3.63) is 35.6 Å². The van der Waals surface area contributed by atoms with E-state index in [0.29, 0.717) is 26.2 Å². The average Bonchev–Trinajstić information content (AvgIpc) is 2.46. The number of carbonyl (C=O) groups excluding carboxylic acids is 1. The van der Waals surface area contributed by atoms with Gasteiger partial charge < -0.3 is 10.0 Å². The van der Waals surface area contributed by atoms with Gasteiger partial charge in [-0.05, 0) is 19.1 Å². The molecular weight excluding hydrogens is 263 g/mol. The van der Waals surface area contributed by atoms with Gasteiger partial charge in [-0.3, -0.25) is 14.5 Å². The summed E-state index contributed by atoms with van der Waals surface area (Å²) >= 11 is 0. The Balaban J connectivity index is 1.99. The van der Waals surface area contributed by atoms with Crippen molar-refractivity contribution in [3.63, 3.8) is 0 Å². The predicted octanol–water partition coefficient (Wildman–Crippen LogP) is 1.06. The Morgan fingerprint density at radius 3 is 2.35 bits per heavy atom. The van der Waals surface area contributed by atoms with E-state index in [1.807, 2.05) is 0 Å². The topological polar surface area (TPSA) is 60.9 Å². The summed E-state index contributed by atoms with van der Waals surface area (Å²) in [4.78, 5) is 26.4. The number of hydrogen-bond donors (Lipinski definition) is 1. The molecule has 1 heterocycles. The molecular formula is C14H17FN2O3. The smallest absolute Gasteiger partial charge is 0.320 e. The largest absolute Gasteiger partial charge is 0.480 e. The summed E-state index contributed by atoms with van der Waals surface area (Å²) in [6.45, 7) is 3.40. The third-order valence-electron chi connectivity index (χ3n) is 3.61. The molecule has 0 spiro atoms. The van der Waals surface area contributed by atoms with E-state index >= 15 is 0 Å². The standard InChI is InChI=1S/C14H17FN2O3/c1-10(14(19)20)16-6-8-17(9-7-16)13(18)11-4-2-3-5-12(11)15/h2-5,10H,6-9H2,1H3,(H,19,20)/t10-/m1/s1. The lowest BCUT2D eigenvalue weighted by Crippen LogP contribution is -2.53. The van der Waals surface area contributed by atoms with Gasteiger partial charge in [-0.25, -0.2) is 4.39 Å². The van der Waals surface area contributed by atoms with Gasteiger partial charge in [0.15, 0.2) is 0 Å². The Hall–Kier alpha value is -1.95. The van der Waals surface area contributed by atoms with Gasteiger partial charge in [0.25, 0.3) is 5.91 Å². The Labute approximate surface area is 116 Å². The summed E-state index contributed by atoms with van der Waals surface area (Å²) in [5, 5.41) is 8.95. The van der Waals surface area contributed by atoms with E-state index in [4.69, 9.17) is 5.11 Å². The molecule has 1 saturated heterocycles. The van der Waals surface area contributed by atoms with Gasteiger partial charge in [0.05, 0.1) is 5.56 Å². The van der Waals surface area contributed by atoms with Crippen LogP contribution in [0.25, 0.3) is 0 Å². The highest BCUT2D eigenvalue weighted by Gasteiger charge is 2.28. The van der Waals surface area contributed by atoms with Gasteiger partial charge in [0.1, 0.15) is 11.9 Å². The number of carboxylic acids is 1. The fourth-order valence-electron chi connectivity index (χ4n) is 2.27. The molecule has 0 aromatic heterocycles. The van der Waals surface area contributed by atoms with Crippen molar-refractivity contribution in [1.29, 1.82) is 0 Å². The highest BCUT2D eigenvalue weighted by atomic mass is 19.1. The van der Waals surface area contributed by atoms with Crippen molar-refractivity contribution >= 4 is 11.9 Å². The molecule has 0 saturated carbocycles. The minimum Gasteiger partial charge on any atom is -0.480 e. The summed E-state index contributed by atoms with van der Waals surface area (Å²) in [6, 6.07) is 5.32. The van der Waals surface area contributed by atoms with Crippen molar-refractivity contribution in [2.75, 3.05) is 26.2 Å². The lowest BCUT2D eigenvalue weighted by Gasteiger charge is -2.36. The Morgan fingerprint density at radius 2 is 1.80 bits per heavy atom. The molecule has 0 bridgehead atoms. The Bertz CT molecular complexity index is 513. The number of amides is 1. The molecule has 1 N–H and O–H groups in total. The molecule has 108 valence electrons. The van der Waals surface area contributed by atoms with E-state index < -0.39 is 17.8 Å². The molecule has 1 aliphatic heterocycles. The number of carboxylic acid groups (broad SMARTS) is 1. The highest BCUT2D eigenvalue weighted by Crippen LogP contribution is 2.13. The van der Waals surface area contributed by atoms with Crippen molar-refractivity contribution in [2.24, 2.45) is 0 Å². The highest BCUT2D eigenvalue weighted by molar-refractivity contribution is 5.94. The number of halogens is 1. The van der Waals surface area contributed by atoms with Crippen molar-refractivity contribution < 1.29 is 19.1 Å². The van der Waals surface area contributed by atoms with Gasteiger partial charge in [-0.2, -0.15) is 0 Å². The van der Waals surface area contributed by atoms with E-state index in [9.17, 15) is 14.0 Å². The maximum atomic E-state index is 13.6. The first kappa shape index (κ1) is 14.5. The maximum Gasteiger partial charge on any atom is 0.320 e. The fourth-order valence-corrected chi connectivity index (χ4v) is 2.27. The third-order valence-corrected chi connectivity index (χ3v) is 3.61. The fraction of sp³-hybridized carbons (Fsp3) is 0.429. The molecule has 1 atom stereocenters. The van der Waals surface area contributed by atoms with Crippen LogP contribution in [0.4, 0.5) is 4.39 Å². The van der Waals surface area contributed by atoms with Crippen LogP contribution >= 0.6 is 0 Å². The van der Waals surface area contributed by atoms with Crippen LogP contribution in [0, 0.1) is 5.82 Å². The maximum absolute atomic E-state index is 13.6. The number of benzene rings is 1. The van der Waals surface area contributed by atoms with Gasteiger partial charge in [-0.1, -0.05) is 12.1 Å². The van der Waals surface area contributed by atoms with E-state index in [0.717, 1.165) is 0 Å². The van der Waals surface area contributed by atoms with E-state index in [1.165, 1.54) is 12.1 Å². The summed E-state index contributed by atoms with van der Waals surface area (Å²) < 4.78 is 13.6. The summed E-state index contributed by atoms with van der Waals surface area (Å²) in [5.74, 6) is -1.75. The number of piperazine rings is 1. The Morgan fingerprint density at radius 1 is 1.20 bits per heavy atom. The molecule has 5 nitrogen and oxygen atoms in total. The first-order valence-electron chi connectivity index (χ1n) is 6.51. The second-order valence-corrected chi connectivity index (χ2v) is 4.82. The molecule has 0 radical (unpaired) electrons. The van der Waals surface area contributed by atoms with Crippen molar-refractivity contribution in [3.8, 4) is 0 Å². The van der Waals surface area contributed by atoms with Gasteiger partial charge >= 0.3 is 5.97 Å². The third kappa shape index (κ3) is 2.96. The number of hydrogen-bond acceptors (Lipinski definition) is 3. The minimum absolute atomic E-state index is 0.0623. The monoisotopic (exact) mass is 280 g/mol. The van der Waals surface area contributed by atoms with Crippen LogP contribution in [0.15, 0.2) is 24.3 Å². The summed E-state index contributed by atoms with van der Waals surface area (Å²) in [7, 11) is 0. The van der Waals surface area contributed by atoms with Crippen LogP contribution in [0.3, 0.4) is 0 Å². The lowest BCUT2D eigenvalue weighted by molar-refractivity contribution is -0.143. The number of rotatable bonds is 3. The second-order valence-electron chi connectivity index (χ2n) is 4.82. The molecule has 2 rings (SSSR count). The van der Waals surface area contributed by atoms with Gasteiger partial charge in [0.2, 0.25) is 0 Å². The van der Waals surface area contributed by atoms with Crippen molar-refractivity contribution in [1.82, 2.24) is 9.80 Å². The molecule has 1 fully saturated rings. The second kappa shape index (κ2) is 6.00. The van der Waals surface area contributed by atoms with Gasteiger partial charge in [0, 0.05) is 26.2 Å². The van der Waals surface area contributed by atoms with Crippen LogP contribution in [-0.2, 0) is 4.79 Å². The first-order valence-corrected chi connectivity index (χ1v) is 6.51. The zero-order valence-electron chi connectivity index (χ0n) is 11.3. The lowest BCUT2D eigenvalue weighted by atomic mass is 10.1. The molecule has 1 aromatic rings. The molecule has 1 aliphatic rings. The molecule has 1 aromatic carbocycles. The summed E-state index contributed by atoms with van der Waals surface area (Å²) in [5.41, 5.74) is 0.0623. The molecule has 0 unspecified atom stereocenters. The van der Waals surface area contributed by atoms with Crippen molar-refractivity contribution in [2.45, 2.75) is 13.0 Å². The number of carbonyl (C=O) groups is 2. The van der Waals surface area contributed by atoms with E-state index in [2.05, 4.69) is 0 Å². The van der Waals surface area contributed by atoms with Crippen LogP contribution in [0.2, 0.25) is 0 Å². The van der Waals surface area contributed by atoms with E-state index in [1.54, 1.807) is 28.9 Å². The number of nitrogens with zero attached hydrogens (tertiary/aromatic N) is 2.